The van der Waals surface area contributed by atoms with Crippen molar-refractivity contribution in [1.29, 1.82) is 0 Å². The van der Waals surface area contributed by atoms with E-state index in [4.69, 9.17) is 4.42 Å². The number of thioether (sulfide) groups is 1. The quantitative estimate of drug-likeness (QED) is 0.784. The van der Waals surface area contributed by atoms with Crippen molar-refractivity contribution in [1.82, 2.24) is 25.0 Å². The van der Waals surface area contributed by atoms with Gasteiger partial charge in [-0.3, -0.25) is 0 Å². The van der Waals surface area contributed by atoms with Gasteiger partial charge in [0.1, 0.15) is 5.82 Å². The molecule has 0 bridgehead atoms. The minimum absolute atomic E-state index is 0.396. The van der Waals surface area contributed by atoms with Crippen LogP contribution in [0.25, 0.3) is 0 Å². The summed E-state index contributed by atoms with van der Waals surface area (Å²) in [6.07, 6.45) is 2.45. The molecule has 1 aliphatic carbocycles. The van der Waals surface area contributed by atoms with Crippen LogP contribution < -0.4 is 0 Å². The standard InChI is InChI=1S/C12H17N5OS/c1-7(2)11-15-16-12(17(11)9-4-5-9)19-6-10-14-13-8(3)18-10/h7,9H,4-6H2,1-3H3. The number of nitrogens with zero attached hydrogens (tertiary/aromatic N) is 5. The lowest BCUT2D eigenvalue weighted by atomic mass is 10.2. The fraction of sp³-hybridized carbons (Fsp3) is 0.667. The fourth-order valence-corrected chi connectivity index (χ4v) is 2.83. The molecule has 2 aromatic rings. The van der Waals surface area contributed by atoms with E-state index >= 15 is 0 Å². The van der Waals surface area contributed by atoms with E-state index < -0.39 is 0 Å². The Morgan fingerprint density at radius 1 is 1.26 bits per heavy atom. The van der Waals surface area contributed by atoms with Crippen LogP contribution in [0, 0.1) is 6.92 Å². The Bertz CT molecular complexity index is 572. The van der Waals surface area contributed by atoms with Crippen LogP contribution in [0.15, 0.2) is 9.57 Å². The van der Waals surface area contributed by atoms with Crippen molar-refractivity contribution in [2.45, 2.75) is 56.5 Å². The Morgan fingerprint density at radius 2 is 2.05 bits per heavy atom. The number of aryl methyl sites for hydroxylation is 1. The lowest BCUT2D eigenvalue weighted by Gasteiger charge is -2.09. The second-order valence-electron chi connectivity index (χ2n) is 5.10. The first kappa shape index (κ1) is 12.7. The number of aromatic nitrogens is 5. The second-order valence-corrected chi connectivity index (χ2v) is 6.04. The Morgan fingerprint density at radius 3 is 2.63 bits per heavy atom. The Balaban J connectivity index is 1.77. The van der Waals surface area contributed by atoms with Gasteiger partial charge < -0.3 is 8.98 Å². The predicted molar refractivity (Wildman–Crippen MR) is 71.0 cm³/mol. The lowest BCUT2D eigenvalue weighted by Crippen LogP contribution is -2.04. The maximum absolute atomic E-state index is 5.37. The van der Waals surface area contributed by atoms with Crippen molar-refractivity contribution in [3.63, 3.8) is 0 Å². The Hall–Kier alpha value is -1.37. The maximum atomic E-state index is 5.37. The molecule has 0 aliphatic heterocycles. The number of hydrogen-bond donors (Lipinski definition) is 0. The molecule has 0 aromatic carbocycles. The molecule has 19 heavy (non-hydrogen) atoms. The molecule has 0 amide bonds. The summed E-state index contributed by atoms with van der Waals surface area (Å²) in [5.74, 6) is 3.35. The fourth-order valence-electron chi connectivity index (χ4n) is 1.98. The van der Waals surface area contributed by atoms with Gasteiger partial charge >= 0.3 is 0 Å². The first-order chi connectivity index (χ1) is 9.15. The second kappa shape index (κ2) is 4.96. The van der Waals surface area contributed by atoms with E-state index in [0.717, 1.165) is 11.0 Å². The first-order valence-corrected chi connectivity index (χ1v) is 7.50. The highest BCUT2D eigenvalue weighted by molar-refractivity contribution is 7.98. The van der Waals surface area contributed by atoms with Crippen molar-refractivity contribution in [3.8, 4) is 0 Å². The monoisotopic (exact) mass is 279 g/mol. The van der Waals surface area contributed by atoms with Crippen molar-refractivity contribution in [3.05, 3.63) is 17.6 Å². The van der Waals surface area contributed by atoms with Crippen LogP contribution in [-0.4, -0.2) is 25.0 Å². The molecule has 0 N–H and O–H groups in total. The predicted octanol–water partition coefficient (Wildman–Crippen LogP) is 2.72. The van der Waals surface area contributed by atoms with Gasteiger partial charge in [0.05, 0.1) is 5.75 Å². The van der Waals surface area contributed by atoms with Gasteiger partial charge in [0.15, 0.2) is 5.16 Å². The molecule has 1 aliphatic rings. The average Bonchev–Trinajstić information content (AvgIpc) is 2.98. The van der Waals surface area contributed by atoms with E-state index in [1.807, 2.05) is 0 Å². The van der Waals surface area contributed by atoms with Crippen molar-refractivity contribution < 1.29 is 4.42 Å². The summed E-state index contributed by atoms with van der Waals surface area (Å²) >= 11 is 1.61. The van der Waals surface area contributed by atoms with Crippen LogP contribution >= 0.6 is 11.8 Å². The molecule has 1 fully saturated rings. The van der Waals surface area contributed by atoms with Crippen molar-refractivity contribution in [2.24, 2.45) is 0 Å². The Labute approximate surface area is 116 Å². The maximum Gasteiger partial charge on any atom is 0.226 e. The third-order valence-corrected chi connectivity index (χ3v) is 3.94. The van der Waals surface area contributed by atoms with E-state index in [2.05, 4.69) is 38.8 Å². The zero-order valence-electron chi connectivity index (χ0n) is 11.3. The molecular formula is C12H17N5OS. The summed E-state index contributed by atoms with van der Waals surface area (Å²) in [6, 6.07) is 0.583. The van der Waals surface area contributed by atoms with Gasteiger partial charge in [-0.2, -0.15) is 0 Å². The first-order valence-electron chi connectivity index (χ1n) is 6.51. The minimum Gasteiger partial charge on any atom is -0.425 e. The summed E-state index contributed by atoms with van der Waals surface area (Å²) in [5, 5.41) is 17.4. The zero-order chi connectivity index (χ0) is 13.4. The van der Waals surface area contributed by atoms with Crippen molar-refractivity contribution in [2.75, 3.05) is 0 Å². The SMILES string of the molecule is Cc1nnc(CSc2nnc(C(C)C)n2C2CC2)o1. The van der Waals surface area contributed by atoms with Crippen molar-refractivity contribution >= 4 is 11.8 Å². The minimum atomic E-state index is 0.396. The van der Waals surface area contributed by atoms with Crippen LogP contribution in [-0.2, 0) is 5.75 Å². The molecular weight excluding hydrogens is 262 g/mol. The van der Waals surface area contributed by atoms with Gasteiger partial charge in [-0.05, 0) is 12.8 Å². The third kappa shape index (κ3) is 2.65. The van der Waals surface area contributed by atoms with Crippen LogP contribution in [0.4, 0.5) is 0 Å². The van der Waals surface area contributed by atoms with Crippen LogP contribution in [0.1, 0.15) is 56.3 Å². The summed E-state index contributed by atoms with van der Waals surface area (Å²) in [5.41, 5.74) is 0. The molecule has 0 saturated heterocycles. The van der Waals surface area contributed by atoms with Gasteiger partial charge in [0.2, 0.25) is 11.8 Å². The summed E-state index contributed by atoms with van der Waals surface area (Å²) in [4.78, 5) is 0. The molecule has 0 atom stereocenters. The molecule has 0 unspecified atom stereocenters. The van der Waals surface area contributed by atoms with E-state index in [1.165, 1.54) is 12.8 Å². The topological polar surface area (TPSA) is 69.6 Å². The van der Waals surface area contributed by atoms with Gasteiger partial charge in [0.25, 0.3) is 0 Å². The number of rotatable bonds is 5. The molecule has 7 heteroatoms. The molecule has 3 rings (SSSR count). The van der Waals surface area contributed by atoms with E-state index in [-0.39, 0.29) is 0 Å². The molecule has 2 heterocycles. The Kier molecular flexibility index (Phi) is 3.30. The van der Waals surface area contributed by atoms with E-state index in [0.29, 0.717) is 29.5 Å². The smallest absolute Gasteiger partial charge is 0.226 e. The highest BCUT2D eigenvalue weighted by Crippen LogP contribution is 2.40. The molecule has 102 valence electrons. The normalized spacial score (nSPS) is 15.4. The van der Waals surface area contributed by atoms with Crippen LogP contribution in [0.2, 0.25) is 0 Å². The molecule has 0 radical (unpaired) electrons. The molecule has 6 nitrogen and oxygen atoms in total. The average molecular weight is 279 g/mol. The largest absolute Gasteiger partial charge is 0.425 e. The lowest BCUT2D eigenvalue weighted by molar-refractivity contribution is 0.485. The van der Waals surface area contributed by atoms with Gasteiger partial charge in [-0.1, -0.05) is 25.6 Å². The molecule has 1 saturated carbocycles. The molecule has 2 aromatic heterocycles. The van der Waals surface area contributed by atoms with E-state index in [9.17, 15) is 0 Å². The summed E-state index contributed by atoms with van der Waals surface area (Å²) in [7, 11) is 0. The molecule has 0 spiro atoms. The highest BCUT2D eigenvalue weighted by atomic mass is 32.2. The van der Waals surface area contributed by atoms with Crippen LogP contribution in [0.5, 0.6) is 0 Å². The summed E-state index contributed by atoms with van der Waals surface area (Å²) in [6.45, 7) is 6.10. The zero-order valence-corrected chi connectivity index (χ0v) is 12.1. The van der Waals surface area contributed by atoms with Crippen LogP contribution in [0.3, 0.4) is 0 Å². The highest BCUT2D eigenvalue weighted by Gasteiger charge is 2.30. The number of hydrogen-bond acceptors (Lipinski definition) is 6. The van der Waals surface area contributed by atoms with Gasteiger partial charge in [-0.15, -0.1) is 20.4 Å². The van der Waals surface area contributed by atoms with E-state index in [1.54, 1.807) is 18.7 Å². The van der Waals surface area contributed by atoms with Gasteiger partial charge in [0, 0.05) is 18.9 Å². The summed E-state index contributed by atoms with van der Waals surface area (Å²) < 4.78 is 7.65. The third-order valence-electron chi connectivity index (χ3n) is 3.01. The van der Waals surface area contributed by atoms with Gasteiger partial charge in [-0.25, -0.2) is 0 Å².